The van der Waals surface area contributed by atoms with E-state index in [4.69, 9.17) is 9.47 Å². The molecule has 0 bridgehead atoms. The van der Waals surface area contributed by atoms with Gasteiger partial charge in [0.2, 0.25) is 0 Å². The van der Waals surface area contributed by atoms with Gasteiger partial charge in [-0.05, 0) is 18.1 Å². The van der Waals surface area contributed by atoms with Gasteiger partial charge in [0, 0.05) is 7.11 Å². The predicted octanol–water partition coefficient (Wildman–Crippen LogP) is 2.52. The molecule has 12 heavy (non-hydrogen) atoms. The van der Waals surface area contributed by atoms with Gasteiger partial charge in [-0.1, -0.05) is 19.9 Å². The molecular weight excluding hydrogens is 152 g/mol. The Morgan fingerprint density at radius 1 is 1.42 bits per heavy atom. The predicted molar refractivity (Wildman–Crippen MR) is 51.0 cm³/mol. The maximum absolute atomic E-state index is 5.15. The van der Waals surface area contributed by atoms with Gasteiger partial charge >= 0.3 is 0 Å². The van der Waals surface area contributed by atoms with E-state index in [1.807, 2.05) is 6.08 Å². The van der Waals surface area contributed by atoms with E-state index in [1.165, 1.54) is 0 Å². The minimum atomic E-state index is 0.575. The summed E-state index contributed by atoms with van der Waals surface area (Å²) in [5.74, 6) is 0.846. The monoisotopic (exact) mass is 170 g/mol. The van der Waals surface area contributed by atoms with Crippen LogP contribution in [0.25, 0.3) is 0 Å². The van der Waals surface area contributed by atoms with Crippen molar-refractivity contribution in [2.75, 3.05) is 20.8 Å². The first kappa shape index (κ1) is 11.2. The maximum Gasteiger partial charge on any atom is 0.119 e. The normalized spacial score (nSPS) is 11.4. The Morgan fingerprint density at radius 2 is 2.08 bits per heavy atom. The van der Waals surface area contributed by atoms with Crippen LogP contribution in [0.2, 0.25) is 0 Å². The smallest absolute Gasteiger partial charge is 0.119 e. The van der Waals surface area contributed by atoms with Crippen LogP contribution in [0.3, 0.4) is 0 Å². The molecule has 0 aliphatic rings. The molecule has 0 N–H and O–H groups in total. The quantitative estimate of drug-likeness (QED) is 0.450. The Bertz CT molecular complexity index is 159. The van der Waals surface area contributed by atoms with E-state index in [2.05, 4.69) is 13.5 Å². The van der Waals surface area contributed by atoms with E-state index in [0.29, 0.717) is 6.61 Å². The molecule has 70 valence electrons. The van der Waals surface area contributed by atoms with E-state index in [0.717, 1.165) is 24.2 Å². The summed E-state index contributed by atoms with van der Waals surface area (Å²) in [6.07, 6.45) is 3.97. The molecule has 0 amide bonds. The highest BCUT2D eigenvalue weighted by molar-refractivity contribution is 5.22. The first-order valence-corrected chi connectivity index (χ1v) is 4.17. The fourth-order valence-electron chi connectivity index (χ4n) is 0.956. The SMILES string of the molecule is C=C(CCC)C(=CCOC)OC. The fourth-order valence-corrected chi connectivity index (χ4v) is 0.956. The van der Waals surface area contributed by atoms with Crippen molar-refractivity contribution in [3.63, 3.8) is 0 Å². The second-order valence-corrected chi connectivity index (χ2v) is 2.58. The molecule has 0 atom stereocenters. The molecule has 0 aromatic heterocycles. The summed E-state index contributed by atoms with van der Waals surface area (Å²) < 4.78 is 10.1. The number of methoxy groups -OCH3 is 2. The van der Waals surface area contributed by atoms with Crippen LogP contribution in [0.4, 0.5) is 0 Å². The first-order valence-electron chi connectivity index (χ1n) is 4.17. The zero-order valence-corrected chi connectivity index (χ0v) is 8.22. The minimum Gasteiger partial charge on any atom is -0.497 e. The molecule has 0 fully saturated rings. The Kier molecular flexibility index (Phi) is 6.48. The molecule has 0 saturated carbocycles. The van der Waals surface area contributed by atoms with Gasteiger partial charge in [-0.25, -0.2) is 0 Å². The lowest BCUT2D eigenvalue weighted by molar-refractivity contribution is 0.224. The van der Waals surface area contributed by atoms with E-state index in [9.17, 15) is 0 Å². The highest BCUT2D eigenvalue weighted by Gasteiger charge is 1.99. The van der Waals surface area contributed by atoms with Gasteiger partial charge in [0.05, 0.1) is 13.7 Å². The second kappa shape index (κ2) is 6.92. The molecule has 0 aliphatic heterocycles. The lowest BCUT2D eigenvalue weighted by Crippen LogP contribution is -1.94. The average molecular weight is 170 g/mol. The van der Waals surface area contributed by atoms with Crippen LogP contribution in [0, 0.1) is 0 Å². The van der Waals surface area contributed by atoms with Crippen LogP contribution in [-0.2, 0) is 9.47 Å². The molecule has 0 saturated heterocycles. The number of rotatable bonds is 6. The first-order chi connectivity index (χ1) is 5.76. The molecule has 0 unspecified atom stereocenters. The number of allylic oxidation sites excluding steroid dienone is 1. The van der Waals surface area contributed by atoms with Crippen LogP contribution in [-0.4, -0.2) is 20.8 Å². The van der Waals surface area contributed by atoms with Crippen LogP contribution in [0.5, 0.6) is 0 Å². The van der Waals surface area contributed by atoms with Crippen LogP contribution < -0.4 is 0 Å². The average Bonchev–Trinajstić information content (AvgIpc) is 2.06. The van der Waals surface area contributed by atoms with Gasteiger partial charge in [-0.15, -0.1) is 0 Å². The molecule has 0 spiro atoms. The molecule has 2 heteroatoms. The van der Waals surface area contributed by atoms with Crippen LogP contribution >= 0.6 is 0 Å². The highest BCUT2D eigenvalue weighted by atomic mass is 16.5. The zero-order chi connectivity index (χ0) is 9.40. The third kappa shape index (κ3) is 4.19. The lowest BCUT2D eigenvalue weighted by Gasteiger charge is -2.07. The standard InChI is InChI=1S/C10H18O2/c1-5-6-9(2)10(12-4)7-8-11-3/h7H,2,5-6,8H2,1,3-4H3. The lowest BCUT2D eigenvalue weighted by atomic mass is 10.1. The molecular formula is C10H18O2. The van der Waals surface area contributed by atoms with E-state index < -0.39 is 0 Å². The van der Waals surface area contributed by atoms with Gasteiger partial charge in [-0.3, -0.25) is 0 Å². The summed E-state index contributed by atoms with van der Waals surface area (Å²) in [6, 6.07) is 0. The van der Waals surface area contributed by atoms with Crippen molar-refractivity contribution in [3.8, 4) is 0 Å². The summed E-state index contributed by atoms with van der Waals surface area (Å²) in [7, 11) is 3.31. The number of ether oxygens (including phenoxy) is 2. The summed E-state index contributed by atoms with van der Waals surface area (Å²) in [5.41, 5.74) is 1.04. The van der Waals surface area contributed by atoms with Crippen molar-refractivity contribution in [2.45, 2.75) is 19.8 Å². The molecule has 0 aromatic rings. The molecule has 0 aliphatic carbocycles. The van der Waals surface area contributed by atoms with Crippen molar-refractivity contribution >= 4 is 0 Å². The third-order valence-electron chi connectivity index (χ3n) is 1.56. The Labute approximate surface area is 74.9 Å². The van der Waals surface area contributed by atoms with E-state index in [1.54, 1.807) is 14.2 Å². The van der Waals surface area contributed by atoms with Crippen molar-refractivity contribution in [1.29, 1.82) is 0 Å². The molecule has 0 heterocycles. The summed E-state index contributed by atoms with van der Waals surface area (Å²) >= 11 is 0. The number of hydrogen-bond acceptors (Lipinski definition) is 2. The van der Waals surface area contributed by atoms with Crippen molar-refractivity contribution in [3.05, 3.63) is 24.0 Å². The van der Waals surface area contributed by atoms with Crippen molar-refractivity contribution in [1.82, 2.24) is 0 Å². The van der Waals surface area contributed by atoms with Crippen LogP contribution in [0.1, 0.15) is 19.8 Å². The third-order valence-corrected chi connectivity index (χ3v) is 1.56. The summed E-state index contributed by atoms with van der Waals surface area (Å²) in [6.45, 7) is 6.61. The van der Waals surface area contributed by atoms with E-state index in [-0.39, 0.29) is 0 Å². The highest BCUT2D eigenvalue weighted by Crippen LogP contribution is 2.13. The Balaban J connectivity index is 4.04. The summed E-state index contributed by atoms with van der Waals surface area (Å²) in [5, 5.41) is 0. The van der Waals surface area contributed by atoms with Crippen molar-refractivity contribution in [2.24, 2.45) is 0 Å². The van der Waals surface area contributed by atoms with Crippen molar-refractivity contribution < 1.29 is 9.47 Å². The van der Waals surface area contributed by atoms with Gasteiger partial charge in [0.25, 0.3) is 0 Å². The number of hydrogen-bond donors (Lipinski definition) is 0. The fraction of sp³-hybridized carbons (Fsp3) is 0.600. The van der Waals surface area contributed by atoms with Crippen LogP contribution in [0.15, 0.2) is 24.0 Å². The zero-order valence-electron chi connectivity index (χ0n) is 8.22. The van der Waals surface area contributed by atoms with Gasteiger partial charge in [-0.2, -0.15) is 0 Å². The maximum atomic E-state index is 5.15. The topological polar surface area (TPSA) is 18.5 Å². The molecule has 2 nitrogen and oxygen atoms in total. The Morgan fingerprint density at radius 3 is 2.50 bits per heavy atom. The summed E-state index contributed by atoms with van der Waals surface area (Å²) in [4.78, 5) is 0. The van der Waals surface area contributed by atoms with Gasteiger partial charge < -0.3 is 9.47 Å². The van der Waals surface area contributed by atoms with E-state index >= 15 is 0 Å². The second-order valence-electron chi connectivity index (χ2n) is 2.58. The molecule has 0 radical (unpaired) electrons. The Hall–Kier alpha value is -0.760. The largest absolute Gasteiger partial charge is 0.497 e. The van der Waals surface area contributed by atoms with Gasteiger partial charge in [0.1, 0.15) is 5.76 Å². The van der Waals surface area contributed by atoms with Gasteiger partial charge in [0.15, 0.2) is 0 Å². The minimum absolute atomic E-state index is 0.575. The molecule has 0 rings (SSSR count). The molecule has 0 aromatic carbocycles.